The molecule has 238 valence electrons. The number of fused-ring (bicyclic) bond motifs is 1. The predicted molar refractivity (Wildman–Crippen MR) is 175 cm³/mol. The number of aromatic nitrogens is 3. The quantitative estimate of drug-likeness (QED) is 0.318. The lowest BCUT2D eigenvalue weighted by Gasteiger charge is -2.37. The van der Waals surface area contributed by atoms with E-state index in [9.17, 15) is 9.90 Å². The minimum Gasteiger partial charge on any atom is -0.481 e. The maximum absolute atomic E-state index is 11.1. The van der Waals surface area contributed by atoms with E-state index in [0.29, 0.717) is 45.9 Å². The summed E-state index contributed by atoms with van der Waals surface area (Å²) in [6, 6.07) is 9.57. The highest BCUT2D eigenvalue weighted by molar-refractivity contribution is 6.35. The standard InChI is InChI=1S/C30H34Cl2N6O4.2ClH/c31-22-10-21(11-23(32)12-22)27-7-20(16-36-3-1-19(2-4-36)9-29(40)41)8-28(35-27)42-26-14-33-30(34-15-26)38-6-5-37-18-25(39)13-24(37)17-38;;/h7-8,10-12,14-15,19,24-25,39H,1-6,9,13,16-18H2,(H,40,41);2*1H/t24-,25+;;/m0../s1. The molecule has 0 aliphatic carbocycles. The molecule has 10 nitrogen and oxygen atoms in total. The van der Waals surface area contributed by atoms with Gasteiger partial charge in [0.15, 0.2) is 5.75 Å². The molecule has 2 aromatic heterocycles. The zero-order valence-corrected chi connectivity index (χ0v) is 27.2. The Hall–Kier alpha value is -2.44. The molecule has 3 aromatic rings. The second-order valence-corrected chi connectivity index (χ2v) is 12.4. The fourth-order valence-electron chi connectivity index (χ4n) is 6.25. The van der Waals surface area contributed by atoms with E-state index in [4.69, 9.17) is 38.0 Å². The lowest BCUT2D eigenvalue weighted by atomic mass is 9.93. The monoisotopic (exact) mass is 684 g/mol. The summed E-state index contributed by atoms with van der Waals surface area (Å²) >= 11 is 12.6. The summed E-state index contributed by atoms with van der Waals surface area (Å²) in [6.07, 6.45) is 5.79. The number of aliphatic hydroxyl groups excluding tert-OH is 1. The van der Waals surface area contributed by atoms with Gasteiger partial charge >= 0.3 is 5.97 Å². The molecule has 14 heteroatoms. The molecular weight excluding hydrogens is 650 g/mol. The van der Waals surface area contributed by atoms with E-state index in [0.717, 1.165) is 69.7 Å². The van der Waals surface area contributed by atoms with Crippen LogP contribution in [-0.4, -0.2) is 92.3 Å². The molecule has 0 amide bonds. The van der Waals surface area contributed by atoms with Gasteiger partial charge in [-0.3, -0.25) is 14.6 Å². The Morgan fingerprint density at radius 2 is 1.66 bits per heavy atom. The number of likely N-dealkylation sites (tertiary alicyclic amines) is 1. The van der Waals surface area contributed by atoms with Crippen LogP contribution in [0, 0.1) is 5.92 Å². The van der Waals surface area contributed by atoms with Crippen molar-refractivity contribution in [2.24, 2.45) is 5.92 Å². The van der Waals surface area contributed by atoms with Crippen molar-refractivity contribution in [3.8, 4) is 22.9 Å². The Morgan fingerprint density at radius 3 is 2.34 bits per heavy atom. The van der Waals surface area contributed by atoms with E-state index in [1.54, 1.807) is 18.5 Å². The summed E-state index contributed by atoms with van der Waals surface area (Å²) in [5.41, 5.74) is 2.47. The van der Waals surface area contributed by atoms with E-state index >= 15 is 0 Å². The number of hydrogen-bond acceptors (Lipinski definition) is 9. The third kappa shape index (κ3) is 8.63. The second kappa shape index (κ2) is 15.2. The van der Waals surface area contributed by atoms with Crippen LogP contribution in [0.1, 0.15) is 31.2 Å². The average molecular weight is 686 g/mol. The van der Waals surface area contributed by atoms with Gasteiger partial charge in [0.2, 0.25) is 11.8 Å². The number of rotatable bonds is 8. The number of benzene rings is 1. The van der Waals surface area contributed by atoms with Crippen LogP contribution in [0.5, 0.6) is 11.6 Å². The molecule has 2 atom stereocenters. The molecule has 44 heavy (non-hydrogen) atoms. The molecule has 2 N–H and O–H groups in total. The Balaban J connectivity index is 0.00000221. The van der Waals surface area contributed by atoms with Gasteiger partial charge < -0.3 is 19.8 Å². The van der Waals surface area contributed by atoms with Crippen LogP contribution in [0.2, 0.25) is 10.0 Å². The number of piperidine rings is 1. The van der Waals surface area contributed by atoms with Crippen molar-refractivity contribution >= 4 is 59.9 Å². The number of anilines is 1. The summed E-state index contributed by atoms with van der Waals surface area (Å²) in [7, 11) is 0. The lowest BCUT2D eigenvalue weighted by molar-refractivity contribution is -0.138. The van der Waals surface area contributed by atoms with Crippen molar-refractivity contribution in [2.75, 3.05) is 44.2 Å². The van der Waals surface area contributed by atoms with Gasteiger partial charge in [0.25, 0.3) is 0 Å². The SMILES string of the molecule is Cl.Cl.O=C(O)CC1CCN(Cc2cc(Oc3cnc(N4CCN5C[C@H](O)C[C@H]5C4)nc3)nc(-c3cc(Cl)cc(Cl)c3)c2)CC1. The van der Waals surface area contributed by atoms with Gasteiger partial charge in [-0.15, -0.1) is 24.8 Å². The average Bonchev–Trinajstić information content (AvgIpc) is 3.33. The zero-order valence-electron chi connectivity index (χ0n) is 24.0. The normalized spacial score (nSPS) is 20.8. The van der Waals surface area contributed by atoms with Crippen molar-refractivity contribution in [1.82, 2.24) is 24.8 Å². The van der Waals surface area contributed by atoms with Crippen LogP contribution >= 0.6 is 48.0 Å². The number of nitrogens with zero attached hydrogens (tertiary/aromatic N) is 6. The number of aliphatic carboxylic acids is 1. The predicted octanol–water partition coefficient (Wildman–Crippen LogP) is 5.42. The minimum absolute atomic E-state index is 0. The van der Waals surface area contributed by atoms with Crippen molar-refractivity contribution in [3.63, 3.8) is 0 Å². The molecule has 5 heterocycles. The minimum atomic E-state index is -0.734. The van der Waals surface area contributed by atoms with Gasteiger partial charge in [0, 0.05) is 66.9 Å². The van der Waals surface area contributed by atoms with E-state index in [2.05, 4.69) is 24.7 Å². The summed E-state index contributed by atoms with van der Waals surface area (Å²) < 4.78 is 6.17. The number of aliphatic hydroxyl groups is 1. The highest BCUT2D eigenvalue weighted by Gasteiger charge is 2.36. The fourth-order valence-corrected chi connectivity index (χ4v) is 6.78. The lowest BCUT2D eigenvalue weighted by Crippen LogP contribution is -2.50. The molecule has 0 unspecified atom stereocenters. The van der Waals surface area contributed by atoms with Gasteiger partial charge in [-0.05, 0) is 68.1 Å². The van der Waals surface area contributed by atoms with Crippen LogP contribution in [0.25, 0.3) is 11.3 Å². The number of pyridine rings is 1. The first-order valence-electron chi connectivity index (χ1n) is 14.4. The van der Waals surface area contributed by atoms with Crippen molar-refractivity contribution < 1.29 is 19.7 Å². The molecular formula is C30H36Cl4N6O4. The second-order valence-electron chi connectivity index (χ2n) is 11.5. The molecule has 0 spiro atoms. The largest absolute Gasteiger partial charge is 0.481 e. The van der Waals surface area contributed by atoms with E-state index in [1.165, 1.54) is 0 Å². The Morgan fingerprint density at radius 1 is 0.955 bits per heavy atom. The van der Waals surface area contributed by atoms with Gasteiger partial charge in [0.05, 0.1) is 24.2 Å². The van der Waals surface area contributed by atoms with Gasteiger partial charge in [-0.1, -0.05) is 23.2 Å². The maximum atomic E-state index is 11.1. The maximum Gasteiger partial charge on any atom is 0.303 e. The Kier molecular flexibility index (Phi) is 11.9. The van der Waals surface area contributed by atoms with Crippen LogP contribution in [-0.2, 0) is 11.3 Å². The van der Waals surface area contributed by atoms with Crippen LogP contribution in [0.3, 0.4) is 0 Å². The van der Waals surface area contributed by atoms with Crippen LogP contribution < -0.4 is 9.64 Å². The van der Waals surface area contributed by atoms with Gasteiger partial charge in [-0.25, -0.2) is 15.0 Å². The van der Waals surface area contributed by atoms with E-state index in [-0.39, 0.29) is 43.3 Å². The number of ether oxygens (including phenoxy) is 1. The zero-order chi connectivity index (χ0) is 29.2. The fraction of sp³-hybridized carbons (Fsp3) is 0.467. The first-order chi connectivity index (χ1) is 20.3. The van der Waals surface area contributed by atoms with E-state index in [1.807, 2.05) is 24.3 Å². The van der Waals surface area contributed by atoms with E-state index < -0.39 is 5.97 Å². The molecule has 3 saturated heterocycles. The molecule has 6 rings (SSSR count). The number of carboxylic acids is 1. The first kappa shape index (κ1) is 34.4. The molecule has 3 fully saturated rings. The molecule has 1 aromatic carbocycles. The molecule has 0 bridgehead atoms. The number of halogens is 4. The van der Waals surface area contributed by atoms with Crippen molar-refractivity contribution in [2.45, 2.75) is 44.4 Å². The number of piperazine rings is 1. The topological polar surface area (TPSA) is 115 Å². The molecule has 0 saturated carbocycles. The first-order valence-corrected chi connectivity index (χ1v) is 15.1. The summed E-state index contributed by atoms with van der Waals surface area (Å²) in [4.78, 5) is 31.8. The molecule has 3 aliphatic rings. The smallest absolute Gasteiger partial charge is 0.303 e. The number of carbonyl (C=O) groups is 1. The van der Waals surface area contributed by atoms with Crippen molar-refractivity contribution in [1.29, 1.82) is 0 Å². The molecule has 0 radical (unpaired) electrons. The number of hydrogen-bond donors (Lipinski definition) is 2. The molecule has 3 aliphatic heterocycles. The Bertz CT molecular complexity index is 1410. The van der Waals surface area contributed by atoms with Gasteiger partial charge in [-0.2, -0.15) is 0 Å². The summed E-state index contributed by atoms with van der Waals surface area (Å²) in [5, 5.41) is 20.2. The van der Waals surface area contributed by atoms with Crippen molar-refractivity contribution in [3.05, 3.63) is 58.3 Å². The third-order valence-corrected chi connectivity index (χ3v) is 8.75. The third-order valence-electron chi connectivity index (χ3n) is 8.31. The Labute approximate surface area is 279 Å². The van der Waals surface area contributed by atoms with Gasteiger partial charge in [0.1, 0.15) is 0 Å². The highest BCUT2D eigenvalue weighted by atomic mass is 35.5. The van der Waals surface area contributed by atoms with Crippen LogP contribution in [0.15, 0.2) is 42.7 Å². The summed E-state index contributed by atoms with van der Waals surface area (Å²) in [5.74, 6) is 1.01. The van der Waals surface area contributed by atoms with Crippen LogP contribution in [0.4, 0.5) is 5.95 Å². The number of carboxylic acid groups (broad SMARTS) is 1. The highest BCUT2D eigenvalue weighted by Crippen LogP contribution is 2.31. The summed E-state index contributed by atoms with van der Waals surface area (Å²) in [6.45, 7) is 5.57.